The second-order valence-electron chi connectivity index (χ2n) is 16.7. The van der Waals surface area contributed by atoms with E-state index in [1.165, 1.54) is 6.07 Å². The van der Waals surface area contributed by atoms with Crippen molar-refractivity contribution in [2.24, 2.45) is 17.6 Å². The van der Waals surface area contributed by atoms with E-state index in [1.54, 1.807) is 0 Å². The summed E-state index contributed by atoms with van der Waals surface area (Å²) in [4.78, 5) is 32.6. The predicted molar refractivity (Wildman–Crippen MR) is 197 cm³/mol. The molecule has 0 amide bonds. The number of likely N-dealkylation sites (tertiary alicyclic amines) is 1. The highest BCUT2D eigenvalue weighted by Gasteiger charge is 2.68. The van der Waals surface area contributed by atoms with Gasteiger partial charge in [0.15, 0.2) is 19.7 Å². The molecule has 54 heavy (non-hydrogen) atoms. The van der Waals surface area contributed by atoms with Crippen LogP contribution in [0.1, 0.15) is 118 Å². The second kappa shape index (κ2) is 14.9. The number of hydrogen-bond acceptors (Lipinski definition) is 11. The molecule has 15 heteroatoms. The summed E-state index contributed by atoms with van der Waals surface area (Å²) in [6, 6.07) is 0.432. The Labute approximate surface area is 315 Å². The number of aliphatic hydroxyl groups excluding tert-OH is 1. The summed E-state index contributed by atoms with van der Waals surface area (Å²) in [7, 11) is -2.98. The highest BCUT2D eigenvalue weighted by Crippen LogP contribution is 2.58. The summed E-state index contributed by atoms with van der Waals surface area (Å²) in [6.07, 6.45) is -0.329. The maximum Gasteiger partial charge on any atom is 0.573 e. The molecular formula is C39H54F3N3O8Si. The number of carbonyl (C=O) groups is 2. The number of hydrogen-bond donors (Lipinski definition) is 2. The summed E-state index contributed by atoms with van der Waals surface area (Å²) in [5.74, 6) is -4.15. The molecule has 298 valence electrons. The van der Waals surface area contributed by atoms with Crippen LogP contribution in [0.2, 0.25) is 18.1 Å². The second-order valence-corrected chi connectivity index (χ2v) is 21.4. The zero-order valence-electron chi connectivity index (χ0n) is 32.4. The molecule has 2 fully saturated rings. The highest BCUT2D eigenvalue weighted by molar-refractivity contribution is 6.74. The maximum absolute atomic E-state index is 15.4. The third-order valence-electron chi connectivity index (χ3n) is 11.9. The van der Waals surface area contributed by atoms with E-state index in [0.29, 0.717) is 12.8 Å². The van der Waals surface area contributed by atoms with E-state index in [0.717, 1.165) is 38.8 Å². The molecule has 1 aromatic heterocycles. The van der Waals surface area contributed by atoms with Gasteiger partial charge < -0.3 is 34.0 Å². The van der Waals surface area contributed by atoms with Gasteiger partial charge in [0, 0.05) is 29.2 Å². The van der Waals surface area contributed by atoms with E-state index in [4.69, 9.17) is 28.9 Å². The van der Waals surface area contributed by atoms with Gasteiger partial charge in [-0.15, -0.1) is 13.2 Å². The van der Waals surface area contributed by atoms with Crippen molar-refractivity contribution in [3.63, 3.8) is 0 Å². The molecule has 2 aromatic rings. The first kappa shape index (κ1) is 40.3. The first-order valence-corrected chi connectivity index (χ1v) is 22.2. The molecule has 3 N–H and O–H groups in total. The van der Waals surface area contributed by atoms with Crippen molar-refractivity contribution >= 4 is 25.6 Å². The van der Waals surface area contributed by atoms with Crippen molar-refractivity contribution in [3.8, 4) is 17.4 Å². The van der Waals surface area contributed by atoms with Crippen LogP contribution in [0.3, 0.4) is 0 Å². The number of ketones is 2. The lowest BCUT2D eigenvalue weighted by Gasteiger charge is -2.53. The fraction of sp³-hybridized carbons (Fsp3) is 0.667. The standard InChI is InChI=1S/C39H54F3N3O8Si/c1-8-10-16-49-26-20-23(21-45-14-12-13-15-45)32(51-39(40,41)42)24-18-22-19-25-30(43)33-29(36(44-52-33)50-17-11-9-2)35(48)38(25,53-54(6,7)37(3,4)5)34(47)27(22)31(46)28(24)26/h20,22,25,30,46H,8-19,21,43H2,1-7H3/t22-,25-,30-,38-/m0/s1. The van der Waals surface area contributed by atoms with Crippen LogP contribution >= 0.6 is 0 Å². The lowest BCUT2D eigenvalue weighted by Crippen LogP contribution is -2.68. The number of nitrogens with zero attached hydrogens (tertiary/aromatic N) is 2. The summed E-state index contributed by atoms with van der Waals surface area (Å²) >= 11 is 0. The van der Waals surface area contributed by atoms with Crippen molar-refractivity contribution in [1.29, 1.82) is 0 Å². The molecule has 0 unspecified atom stereocenters. The molecule has 2 heterocycles. The maximum atomic E-state index is 15.4. The SMILES string of the molecule is CCCCOc1cc(CN2CCCC2)c(OC(F)(F)F)c2c1C(O)=C1C(=O)[C@]3(O[Si](C)(C)C(C)(C)C)C(=O)c4c(OCCCC)noc4[C@@H](N)[C@@H]3C[C@@H]1C2. The topological polar surface area (TPSA) is 147 Å². The van der Waals surface area contributed by atoms with Crippen LogP contribution < -0.4 is 19.9 Å². The van der Waals surface area contributed by atoms with Crippen molar-refractivity contribution in [1.82, 2.24) is 10.1 Å². The molecule has 1 aliphatic heterocycles. The van der Waals surface area contributed by atoms with Gasteiger partial charge in [-0.1, -0.05) is 47.5 Å². The summed E-state index contributed by atoms with van der Waals surface area (Å²) < 4.78 is 72.2. The number of aromatic nitrogens is 1. The summed E-state index contributed by atoms with van der Waals surface area (Å²) in [5, 5.41) is 15.9. The molecular weight excluding hydrogens is 724 g/mol. The molecule has 6 rings (SSSR count). The minimum atomic E-state index is -5.04. The summed E-state index contributed by atoms with van der Waals surface area (Å²) in [6.45, 7) is 15.9. The van der Waals surface area contributed by atoms with Gasteiger partial charge in [-0.2, -0.15) is 0 Å². The Morgan fingerprint density at radius 3 is 2.30 bits per heavy atom. The number of alkyl halides is 3. The number of rotatable bonds is 13. The molecule has 0 bridgehead atoms. The van der Waals surface area contributed by atoms with E-state index in [9.17, 15) is 18.3 Å². The van der Waals surface area contributed by atoms with Crippen molar-refractivity contribution < 1.29 is 51.0 Å². The summed E-state index contributed by atoms with van der Waals surface area (Å²) in [5.41, 5.74) is 4.92. The monoisotopic (exact) mass is 777 g/mol. The minimum Gasteiger partial charge on any atom is -0.507 e. The van der Waals surface area contributed by atoms with Crippen molar-refractivity contribution in [3.05, 3.63) is 39.7 Å². The molecule has 4 aliphatic rings. The van der Waals surface area contributed by atoms with Gasteiger partial charge in [0.1, 0.15) is 22.8 Å². The van der Waals surface area contributed by atoms with Gasteiger partial charge in [0.2, 0.25) is 11.6 Å². The molecule has 1 saturated carbocycles. The van der Waals surface area contributed by atoms with E-state index >= 15 is 9.59 Å². The molecule has 1 aromatic carbocycles. The number of unbranched alkanes of at least 4 members (excludes halogenated alkanes) is 2. The molecule has 1 saturated heterocycles. The Balaban J connectivity index is 1.57. The van der Waals surface area contributed by atoms with Crippen LogP contribution in [0, 0.1) is 11.8 Å². The molecule has 3 aliphatic carbocycles. The van der Waals surface area contributed by atoms with E-state index in [-0.39, 0.29) is 77.8 Å². The van der Waals surface area contributed by atoms with Gasteiger partial charge in [0.25, 0.3) is 5.88 Å². The Morgan fingerprint density at radius 2 is 1.69 bits per heavy atom. The lowest BCUT2D eigenvalue weighted by atomic mass is 9.57. The number of ether oxygens (including phenoxy) is 3. The van der Waals surface area contributed by atoms with Crippen molar-refractivity contribution in [2.75, 3.05) is 26.3 Å². The normalized spacial score (nSPS) is 24.6. The zero-order chi connectivity index (χ0) is 39.4. The van der Waals surface area contributed by atoms with Crippen LogP contribution in [0.5, 0.6) is 17.4 Å². The number of benzene rings is 1. The van der Waals surface area contributed by atoms with Gasteiger partial charge in [0.05, 0.1) is 24.8 Å². The highest BCUT2D eigenvalue weighted by atomic mass is 28.4. The smallest absolute Gasteiger partial charge is 0.507 e. The third-order valence-corrected chi connectivity index (χ3v) is 16.4. The molecule has 0 radical (unpaired) electrons. The quantitative estimate of drug-likeness (QED) is 0.115. The van der Waals surface area contributed by atoms with Gasteiger partial charge in [-0.05, 0) is 86.9 Å². The number of nitrogens with two attached hydrogens (primary N) is 1. The molecule has 4 atom stereocenters. The van der Waals surface area contributed by atoms with E-state index < -0.39 is 66.3 Å². The fourth-order valence-electron chi connectivity index (χ4n) is 8.10. The Hall–Kier alpha value is -3.40. The van der Waals surface area contributed by atoms with Gasteiger partial charge in [-0.25, -0.2) is 0 Å². The van der Waals surface area contributed by atoms with Crippen LogP contribution in [0.15, 0.2) is 16.2 Å². The first-order valence-electron chi connectivity index (χ1n) is 19.3. The van der Waals surface area contributed by atoms with E-state index in [1.807, 2.05) is 47.7 Å². The third kappa shape index (κ3) is 7.09. The van der Waals surface area contributed by atoms with Crippen LogP contribution in [0.25, 0.3) is 5.76 Å². The van der Waals surface area contributed by atoms with Gasteiger partial charge in [-0.3, -0.25) is 14.5 Å². The van der Waals surface area contributed by atoms with Gasteiger partial charge >= 0.3 is 6.36 Å². The van der Waals surface area contributed by atoms with E-state index in [2.05, 4.69) is 10.1 Å². The fourth-order valence-corrected chi connectivity index (χ4v) is 9.55. The number of aliphatic hydroxyl groups is 1. The predicted octanol–water partition coefficient (Wildman–Crippen LogP) is 8.21. The Kier molecular flexibility index (Phi) is 11.1. The van der Waals surface area contributed by atoms with Crippen molar-refractivity contribution in [2.45, 2.75) is 129 Å². The lowest BCUT2D eigenvalue weighted by molar-refractivity contribution is -0.275. The number of fused-ring (bicyclic) bond motifs is 4. The average molecular weight is 778 g/mol. The number of Topliss-reactive ketones (excluding diaryl/α,β-unsaturated/α-hetero) is 2. The Bertz CT molecular complexity index is 1800. The number of carbonyl (C=O) groups excluding carboxylic acids is 2. The van der Waals surface area contributed by atoms with Crippen LogP contribution in [-0.4, -0.2) is 73.3 Å². The molecule has 11 nitrogen and oxygen atoms in total. The van der Waals surface area contributed by atoms with Crippen LogP contribution in [0.4, 0.5) is 13.2 Å². The average Bonchev–Trinajstić information content (AvgIpc) is 3.75. The first-order chi connectivity index (χ1) is 25.4. The van der Waals surface area contributed by atoms with Crippen LogP contribution in [-0.2, 0) is 22.2 Å². The minimum absolute atomic E-state index is 0.0199. The number of halogens is 3. The molecule has 0 spiro atoms. The largest absolute Gasteiger partial charge is 0.573 e. The Morgan fingerprint density at radius 1 is 1.04 bits per heavy atom. The zero-order valence-corrected chi connectivity index (χ0v) is 33.4.